The largest absolute Gasteiger partial charge is 0.444 e. The summed E-state index contributed by atoms with van der Waals surface area (Å²) in [5, 5.41) is 8.40. The van der Waals surface area contributed by atoms with Gasteiger partial charge in [0.1, 0.15) is 5.60 Å². The van der Waals surface area contributed by atoms with Crippen LogP contribution in [0.15, 0.2) is 90.0 Å². The van der Waals surface area contributed by atoms with Gasteiger partial charge in [0, 0.05) is 36.8 Å². The van der Waals surface area contributed by atoms with Crippen LogP contribution in [0.3, 0.4) is 0 Å². The van der Waals surface area contributed by atoms with Crippen LogP contribution in [0.25, 0.3) is 10.8 Å². The molecule has 0 bridgehead atoms. The van der Waals surface area contributed by atoms with E-state index in [1.807, 2.05) is 30.4 Å². The van der Waals surface area contributed by atoms with E-state index in [2.05, 4.69) is 10.6 Å². The molecule has 3 aromatic rings. The minimum Gasteiger partial charge on any atom is -0.444 e. The highest BCUT2D eigenvalue weighted by atomic mass is 35.5. The monoisotopic (exact) mass is 622 g/mol. The number of alkyl carbamates (subject to hydrolysis) is 1. The molecule has 2 aliphatic rings. The van der Waals surface area contributed by atoms with Crippen LogP contribution >= 0.6 is 11.6 Å². The Hall–Kier alpha value is -3.86. The Morgan fingerprint density at radius 1 is 0.953 bits per heavy atom. The fourth-order valence-electron chi connectivity index (χ4n) is 5.17. The second kappa shape index (κ2) is 12.0. The predicted molar refractivity (Wildman–Crippen MR) is 167 cm³/mol. The van der Waals surface area contributed by atoms with Gasteiger partial charge in [-0.05, 0) is 85.8 Å². The summed E-state index contributed by atoms with van der Waals surface area (Å²) < 4.78 is 33.6. The van der Waals surface area contributed by atoms with Crippen molar-refractivity contribution in [1.29, 1.82) is 0 Å². The third-order valence-electron chi connectivity index (χ3n) is 7.42. The number of ether oxygens (including phenoxy) is 1. The molecule has 43 heavy (non-hydrogen) atoms. The molecule has 2 N–H and O–H groups in total. The molecule has 2 amide bonds. The van der Waals surface area contributed by atoms with Crippen molar-refractivity contribution in [3.63, 3.8) is 0 Å². The predicted octanol–water partition coefficient (Wildman–Crippen LogP) is 5.03. The van der Waals surface area contributed by atoms with E-state index in [1.54, 1.807) is 80.4 Å². The first-order chi connectivity index (χ1) is 20.4. The van der Waals surface area contributed by atoms with Crippen molar-refractivity contribution in [1.82, 2.24) is 19.8 Å². The average molecular weight is 623 g/mol. The highest BCUT2D eigenvalue weighted by Crippen LogP contribution is 2.27. The molecule has 0 saturated carbocycles. The summed E-state index contributed by atoms with van der Waals surface area (Å²) in [4.78, 5) is 27.6. The summed E-state index contributed by atoms with van der Waals surface area (Å²) in [7, 11) is -3.72. The van der Waals surface area contributed by atoms with Gasteiger partial charge in [-0.1, -0.05) is 48.0 Å². The van der Waals surface area contributed by atoms with E-state index < -0.39 is 27.3 Å². The fourth-order valence-corrected chi connectivity index (χ4v) is 6.80. The van der Waals surface area contributed by atoms with E-state index in [1.165, 1.54) is 4.31 Å². The SMILES string of the molecule is CC(C)(C)OC(=O)NCC1(c2ccc(C(=O)N3CCN(S(=O)(=O)c4ccc5cc(Cl)ccc5c4)CC3)cc2)C=CC=CN1. The maximum Gasteiger partial charge on any atom is 0.407 e. The molecule has 9 nitrogen and oxygen atoms in total. The van der Waals surface area contributed by atoms with Crippen LogP contribution in [0.5, 0.6) is 0 Å². The second-order valence-corrected chi connectivity index (χ2v) is 14.0. The third-order valence-corrected chi connectivity index (χ3v) is 9.55. The lowest BCUT2D eigenvalue weighted by Crippen LogP contribution is -2.50. The number of carbonyl (C=O) groups is 2. The van der Waals surface area contributed by atoms with Gasteiger partial charge in [-0.15, -0.1) is 0 Å². The topological polar surface area (TPSA) is 108 Å². The van der Waals surface area contributed by atoms with E-state index in [0.717, 1.165) is 16.3 Å². The first-order valence-electron chi connectivity index (χ1n) is 14.0. The minimum atomic E-state index is -3.72. The van der Waals surface area contributed by atoms with Crippen LogP contribution in [0, 0.1) is 0 Å². The number of carbonyl (C=O) groups excluding carboxylic acids is 2. The Kier molecular flexibility index (Phi) is 8.56. The Morgan fingerprint density at radius 2 is 1.63 bits per heavy atom. The molecule has 11 heteroatoms. The number of benzene rings is 3. The molecular weight excluding hydrogens is 588 g/mol. The smallest absolute Gasteiger partial charge is 0.407 e. The number of sulfonamides is 1. The van der Waals surface area contributed by atoms with Crippen molar-refractivity contribution >= 4 is 44.4 Å². The zero-order valence-corrected chi connectivity index (χ0v) is 25.9. The standard InChI is InChI=1S/C32H35ClN4O5S/c1-31(2,3)42-30(39)34-22-32(14-4-5-15-35-32)26-10-6-23(7-11-26)29(38)36-16-18-37(19-17-36)43(40,41)28-13-9-24-20-27(33)12-8-25(24)21-28/h4-15,20-21,35H,16-19,22H2,1-3H3,(H,34,39). The van der Waals surface area contributed by atoms with Crippen LogP contribution < -0.4 is 10.6 Å². The number of allylic oxidation sites excluding steroid dienone is 2. The molecule has 5 rings (SSSR count). The van der Waals surface area contributed by atoms with E-state index >= 15 is 0 Å². The number of hydrogen-bond acceptors (Lipinski definition) is 6. The van der Waals surface area contributed by atoms with Crippen LogP contribution in [0.1, 0.15) is 36.7 Å². The Labute approximate surface area is 257 Å². The normalized spacial score (nSPS) is 19.2. The molecule has 1 saturated heterocycles. The Morgan fingerprint density at radius 3 is 2.28 bits per heavy atom. The first kappa shape index (κ1) is 30.6. The molecule has 2 heterocycles. The number of nitrogens with zero attached hydrogens (tertiary/aromatic N) is 2. The van der Waals surface area contributed by atoms with Gasteiger partial charge >= 0.3 is 6.09 Å². The van der Waals surface area contributed by atoms with E-state index in [-0.39, 0.29) is 43.5 Å². The van der Waals surface area contributed by atoms with Gasteiger partial charge in [0.15, 0.2) is 0 Å². The summed E-state index contributed by atoms with van der Waals surface area (Å²) >= 11 is 6.06. The van der Waals surface area contributed by atoms with Crippen LogP contribution in [0.4, 0.5) is 4.79 Å². The summed E-state index contributed by atoms with van der Waals surface area (Å²) in [5.41, 5.74) is 0.0200. The molecule has 226 valence electrons. The third kappa shape index (κ3) is 6.87. The lowest BCUT2D eigenvalue weighted by molar-refractivity contribution is 0.0516. The first-order valence-corrected chi connectivity index (χ1v) is 15.9. The quantitative estimate of drug-likeness (QED) is 0.399. The number of hydrogen-bond donors (Lipinski definition) is 2. The maximum absolute atomic E-state index is 13.4. The molecule has 0 aliphatic carbocycles. The van der Waals surface area contributed by atoms with Gasteiger partial charge in [-0.25, -0.2) is 13.2 Å². The van der Waals surface area contributed by atoms with Gasteiger partial charge in [0.05, 0.1) is 17.0 Å². The minimum absolute atomic E-state index is 0.167. The number of halogens is 1. The highest BCUT2D eigenvalue weighted by Gasteiger charge is 2.33. The van der Waals surface area contributed by atoms with Gasteiger partial charge in [0.25, 0.3) is 5.91 Å². The number of piperazine rings is 1. The lowest BCUT2D eigenvalue weighted by Gasteiger charge is -2.35. The molecule has 1 fully saturated rings. The molecule has 1 atom stereocenters. The molecular formula is C32H35ClN4O5S. The lowest BCUT2D eigenvalue weighted by atomic mass is 9.87. The van der Waals surface area contributed by atoms with Crippen molar-refractivity contribution in [2.24, 2.45) is 0 Å². The molecule has 0 radical (unpaired) electrons. The summed E-state index contributed by atoms with van der Waals surface area (Å²) in [6, 6.07) is 17.6. The number of dihydropyridines is 1. The number of nitrogens with one attached hydrogen (secondary N) is 2. The van der Waals surface area contributed by atoms with Crippen molar-refractivity contribution < 1.29 is 22.7 Å². The number of fused-ring (bicyclic) bond motifs is 1. The van der Waals surface area contributed by atoms with Crippen LogP contribution in [-0.2, 0) is 20.3 Å². The molecule has 0 aromatic heterocycles. The zero-order valence-electron chi connectivity index (χ0n) is 24.3. The summed E-state index contributed by atoms with van der Waals surface area (Å²) in [6.07, 6.45) is 6.99. The molecule has 1 unspecified atom stereocenters. The Balaban J connectivity index is 1.23. The van der Waals surface area contributed by atoms with Crippen molar-refractivity contribution in [3.05, 3.63) is 101 Å². The molecule has 3 aromatic carbocycles. The van der Waals surface area contributed by atoms with Crippen LogP contribution in [0.2, 0.25) is 5.02 Å². The summed E-state index contributed by atoms with van der Waals surface area (Å²) in [6.45, 7) is 6.61. The van der Waals surface area contributed by atoms with E-state index in [4.69, 9.17) is 16.3 Å². The van der Waals surface area contributed by atoms with Crippen molar-refractivity contribution in [3.8, 4) is 0 Å². The van der Waals surface area contributed by atoms with Gasteiger partial charge < -0.3 is 20.3 Å². The summed E-state index contributed by atoms with van der Waals surface area (Å²) in [5.74, 6) is -0.167. The fraction of sp³-hybridized carbons (Fsp3) is 0.312. The Bertz CT molecular complexity index is 1690. The maximum atomic E-state index is 13.4. The number of rotatable bonds is 6. The average Bonchev–Trinajstić information content (AvgIpc) is 2.99. The van der Waals surface area contributed by atoms with E-state index in [9.17, 15) is 18.0 Å². The molecule has 2 aliphatic heterocycles. The highest BCUT2D eigenvalue weighted by molar-refractivity contribution is 7.89. The number of amides is 2. The van der Waals surface area contributed by atoms with Gasteiger partial charge in [-0.2, -0.15) is 4.31 Å². The van der Waals surface area contributed by atoms with E-state index in [0.29, 0.717) is 10.6 Å². The van der Waals surface area contributed by atoms with Crippen molar-refractivity contribution in [2.75, 3.05) is 32.7 Å². The van der Waals surface area contributed by atoms with Crippen molar-refractivity contribution in [2.45, 2.75) is 36.8 Å². The molecule has 0 spiro atoms. The van der Waals surface area contributed by atoms with Crippen LogP contribution in [-0.4, -0.2) is 67.9 Å². The second-order valence-electron chi connectivity index (χ2n) is 11.6. The van der Waals surface area contributed by atoms with Gasteiger partial charge in [0.2, 0.25) is 10.0 Å². The van der Waals surface area contributed by atoms with Gasteiger partial charge in [-0.3, -0.25) is 4.79 Å². The zero-order chi connectivity index (χ0) is 30.8.